The zero-order valence-corrected chi connectivity index (χ0v) is 10.6. The lowest BCUT2D eigenvalue weighted by atomic mass is 10.2. The molecule has 0 unspecified atom stereocenters. The number of carbonyl (C=O) groups excluding carboxylic acids is 3. The molecule has 0 aliphatic heterocycles. The van der Waals surface area contributed by atoms with Crippen LogP contribution in [0.5, 0.6) is 0 Å². The maximum absolute atomic E-state index is 11.6. The Kier molecular flexibility index (Phi) is 5.03. The fraction of sp³-hybridized carbons (Fsp3) is 0.417. The van der Waals surface area contributed by atoms with Crippen molar-refractivity contribution in [3.05, 3.63) is 21.9 Å². The average molecular weight is 254 g/mol. The first kappa shape index (κ1) is 13.6. The zero-order chi connectivity index (χ0) is 12.8. The van der Waals surface area contributed by atoms with Crippen LogP contribution in [-0.2, 0) is 14.3 Å². The molecule has 1 aromatic heterocycles. The normalized spacial score (nSPS) is 10.0. The van der Waals surface area contributed by atoms with Crippen LogP contribution in [0.4, 0.5) is 0 Å². The molecule has 17 heavy (non-hydrogen) atoms. The van der Waals surface area contributed by atoms with Gasteiger partial charge in [0.2, 0.25) is 0 Å². The Labute approximate surface area is 104 Å². The van der Waals surface area contributed by atoms with Gasteiger partial charge in [0.25, 0.3) is 0 Å². The van der Waals surface area contributed by atoms with Crippen molar-refractivity contribution >= 4 is 28.9 Å². The van der Waals surface area contributed by atoms with E-state index in [1.165, 1.54) is 18.3 Å². The molecule has 0 radical (unpaired) electrons. The van der Waals surface area contributed by atoms with Crippen molar-refractivity contribution in [1.29, 1.82) is 0 Å². The summed E-state index contributed by atoms with van der Waals surface area (Å²) >= 11 is 1.41. The number of carbonyl (C=O) groups is 3. The van der Waals surface area contributed by atoms with Gasteiger partial charge in [-0.1, -0.05) is 0 Å². The van der Waals surface area contributed by atoms with E-state index in [0.29, 0.717) is 4.88 Å². The quantitative estimate of drug-likeness (QED) is 0.576. The Hall–Kier alpha value is -1.49. The third kappa shape index (κ3) is 4.91. The summed E-state index contributed by atoms with van der Waals surface area (Å²) in [5.74, 6) is -0.789. The van der Waals surface area contributed by atoms with Gasteiger partial charge in [-0.3, -0.25) is 14.4 Å². The predicted molar refractivity (Wildman–Crippen MR) is 64.3 cm³/mol. The molecule has 0 saturated heterocycles. The number of hydrogen-bond acceptors (Lipinski definition) is 5. The van der Waals surface area contributed by atoms with Crippen LogP contribution in [-0.4, -0.2) is 24.1 Å². The van der Waals surface area contributed by atoms with Gasteiger partial charge < -0.3 is 4.74 Å². The Balaban J connectivity index is 2.33. The maximum Gasteiger partial charge on any atom is 0.306 e. The molecule has 0 fully saturated rings. The third-order valence-electron chi connectivity index (χ3n) is 2.01. The minimum Gasteiger partial charge on any atom is -0.458 e. The van der Waals surface area contributed by atoms with Crippen molar-refractivity contribution in [2.75, 3.05) is 6.61 Å². The van der Waals surface area contributed by atoms with Gasteiger partial charge in [-0.2, -0.15) is 0 Å². The average Bonchev–Trinajstić information content (AvgIpc) is 2.70. The van der Waals surface area contributed by atoms with E-state index in [-0.39, 0.29) is 31.0 Å². The lowest BCUT2D eigenvalue weighted by molar-refractivity contribution is -0.147. The van der Waals surface area contributed by atoms with Crippen molar-refractivity contribution < 1.29 is 19.1 Å². The van der Waals surface area contributed by atoms with Gasteiger partial charge in [-0.15, -0.1) is 11.3 Å². The molecule has 1 heterocycles. The Morgan fingerprint density at radius 1 is 1.24 bits per heavy atom. The number of ketones is 2. The summed E-state index contributed by atoms with van der Waals surface area (Å²) in [6, 6.07) is 3.62. The van der Waals surface area contributed by atoms with Crippen LogP contribution in [0.25, 0.3) is 0 Å². The van der Waals surface area contributed by atoms with Crippen molar-refractivity contribution in [2.45, 2.75) is 26.7 Å². The molecule has 0 atom stereocenters. The van der Waals surface area contributed by atoms with Crippen LogP contribution in [0.2, 0.25) is 0 Å². The van der Waals surface area contributed by atoms with Crippen molar-refractivity contribution in [3.63, 3.8) is 0 Å². The minimum atomic E-state index is -0.512. The summed E-state index contributed by atoms with van der Waals surface area (Å²) < 4.78 is 4.66. The standard InChI is InChI=1S/C12H14O4S/c1-8(13)7-16-12(15)6-4-10(14)11-5-3-9(2)17-11/h3,5H,4,6-7H2,1-2H3. The molecule has 0 spiro atoms. The minimum absolute atomic E-state index is 0.0169. The summed E-state index contributed by atoms with van der Waals surface area (Å²) in [5, 5.41) is 0. The first-order chi connectivity index (χ1) is 7.99. The van der Waals surface area contributed by atoms with Crippen LogP contribution >= 0.6 is 11.3 Å². The van der Waals surface area contributed by atoms with Crippen molar-refractivity contribution in [1.82, 2.24) is 0 Å². The highest BCUT2D eigenvalue weighted by atomic mass is 32.1. The molecule has 0 bridgehead atoms. The fourth-order valence-corrected chi connectivity index (χ4v) is 2.01. The summed E-state index contributed by atoms with van der Waals surface area (Å²) in [7, 11) is 0. The maximum atomic E-state index is 11.6. The largest absolute Gasteiger partial charge is 0.458 e. The Morgan fingerprint density at radius 3 is 2.47 bits per heavy atom. The number of ether oxygens (including phenoxy) is 1. The fourth-order valence-electron chi connectivity index (χ4n) is 1.18. The molecule has 0 aliphatic carbocycles. The van der Waals surface area contributed by atoms with Gasteiger partial charge in [0.1, 0.15) is 6.61 Å². The summed E-state index contributed by atoms with van der Waals surface area (Å²) in [6.07, 6.45) is 0.139. The van der Waals surface area contributed by atoms with E-state index in [0.717, 1.165) is 4.88 Å². The van der Waals surface area contributed by atoms with Crippen LogP contribution in [0.1, 0.15) is 34.3 Å². The van der Waals surface area contributed by atoms with Gasteiger partial charge in [0.15, 0.2) is 11.6 Å². The van der Waals surface area contributed by atoms with Gasteiger partial charge >= 0.3 is 5.97 Å². The summed E-state index contributed by atoms with van der Waals surface area (Å²) in [4.78, 5) is 35.1. The van der Waals surface area contributed by atoms with E-state index in [9.17, 15) is 14.4 Å². The molecule has 0 aliphatic rings. The summed E-state index contributed by atoms with van der Waals surface area (Å²) in [6.45, 7) is 3.04. The number of rotatable bonds is 6. The second-order valence-corrected chi connectivity index (χ2v) is 4.98. The number of hydrogen-bond donors (Lipinski definition) is 0. The molecule has 0 aromatic carbocycles. The van der Waals surface area contributed by atoms with Crippen LogP contribution < -0.4 is 0 Å². The Bertz CT molecular complexity index is 433. The highest BCUT2D eigenvalue weighted by Crippen LogP contribution is 2.17. The lowest BCUT2D eigenvalue weighted by Gasteiger charge is -2.01. The van der Waals surface area contributed by atoms with Gasteiger partial charge in [0, 0.05) is 11.3 Å². The van der Waals surface area contributed by atoms with E-state index in [1.807, 2.05) is 13.0 Å². The first-order valence-corrected chi connectivity index (χ1v) is 6.05. The van der Waals surface area contributed by atoms with E-state index in [2.05, 4.69) is 4.74 Å². The summed E-state index contributed by atoms with van der Waals surface area (Å²) in [5.41, 5.74) is 0. The molecule has 1 aromatic rings. The van der Waals surface area contributed by atoms with Gasteiger partial charge in [-0.05, 0) is 26.0 Å². The smallest absolute Gasteiger partial charge is 0.306 e. The molecule has 1 rings (SSSR count). The molecular formula is C12H14O4S. The number of esters is 1. The molecule has 0 saturated carbocycles. The number of Topliss-reactive ketones (excluding diaryl/α,β-unsaturated/α-hetero) is 2. The lowest BCUT2D eigenvalue weighted by Crippen LogP contribution is -2.12. The zero-order valence-electron chi connectivity index (χ0n) is 9.82. The third-order valence-corrected chi connectivity index (χ3v) is 3.05. The van der Waals surface area contributed by atoms with E-state index >= 15 is 0 Å². The number of thiophene rings is 1. The monoisotopic (exact) mass is 254 g/mol. The van der Waals surface area contributed by atoms with Crippen molar-refractivity contribution in [2.24, 2.45) is 0 Å². The highest BCUT2D eigenvalue weighted by Gasteiger charge is 2.12. The predicted octanol–water partition coefficient (Wildman–Crippen LogP) is 2.15. The van der Waals surface area contributed by atoms with Crippen LogP contribution in [0.15, 0.2) is 12.1 Å². The second kappa shape index (κ2) is 6.30. The van der Waals surface area contributed by atoms with Crippen LogP contribution in [0.3, 0.4) is 0 Å². The topological polar surface area (TPSA) is 60.4 Å². The van der Waals surface area contributed by atoms with E-state index in [4.69, 9.17) is 0 Å². The molecule has 0 N–H and O–H groups in total. The second-order valence-electron chi connectivity index (χ2n) is 3.70. The van der Waals surface area contributed by atoms with Crippen LogP contribution in [0, 0.1) is 6.92 Å². The van der Waals surface area contributed by atoms with Gasteiger partial charge in [-0.25, -0.2) is 0 Å². The molecule has 92 valence electrons. The SMILES string of the molecule is CC(=O)COC(=O)CCC(=O)c1ccc(C)s1. The molecule has 4 nitrogen and oxygen atoms in total. The Morgan fingerprint density at radius 2 is 1.94 bits per heavy atom. The van der Waals surface area contributed by atoms with Crippen molar-refractivity contribution in [3.8, 4) is 0 Å². The highest BCUT2D eigenvalue weighted by molar-refractivity contribution is 7.14. The molecule has 0 amide bonds. The first-order valence-electron chi connectivity index (χ1n) is 5.23. The molecular weight excluding hydrogens is 240 g/mol. The van der Waals surface area contributed by atoms with E-state index < -0.39 is 5.97 Å². The molecule has 5 heteroatoms. The van der Waals surface area contributed by atoms with Gasteiger partial charge in [0.05, 0.1) is 11.3 Å². The number of aryl methyl sites for hydroxylation is 1. The van der Waals surface area contributed by atoms with E-state index in [1.54, 1.807) is 6.07 Å².